The van der Waals surface area contributed by atoms with Gasteiger partial charge in [0.25, 0.3) is 0 Å². The van der Waals surface area contributed by atoms with Crippen LogP contribution in [-0.4, -0.2) is 12.6 Å². The van der Waals surface area contributed by atoms with E-state index in [0.29, 0.717) is 5.69 Å². The molecule has 4 aromatic rings. The first-order valence-electron chi connectivity index (χ1n) is 11.9. The number of urea groups is 1. The molecule has 0 fully saturated rings. The Morgan fingerprint density at radius 3 is 2.49 bits per heavy atom. The molecule has 1 heterocycles. The first-order valence-corrected chi connectivity index (χ1v) is 11.9. The van der Waals surface area contributed by atoms with Crippen molar-refractivity contribution in [2.75, 3.05) is 22.1 Å². The summed E-state index contributed by atoms with van der Waals surface area (Å²) in [6.07, 6.45) is 2.06. The highest BCUT2D eigenvalue weighted by molar-refractivity contribution is 6.03. The van der Waals surface area contributed by atoms with Crippen molar-refractivity contribution in [2.24, 2.45) is 0 Å². The minimum absolute atomic E-state index is 0.286. The second-order valence-corrected chi connectivity index (χ2v) is 9.02. The number of hydrogen-bond acceptors (Lipinski definition) is 2. The normalized spacial score (nSPS) is 12.7. The van der Waals surface area contributed by atoms with Gasteiger partial charge in [0.1, 0.15) is 5.82 Å². The van der Waals surface area contributed by atoms with Crippen molar-refractivity contribution in [3.8, 4) is 11.1 Å². The maximum Gasteiger partial charge on any atom is 0.323 e. The molecule has 5 rings (SSSR count). The van der Waals surface area contributed by atoms with Crippen molar-refractivity contribution in [3.63, 3.8) is 0 Å². The summed E-state index contributed by atoms with van der Waals surface area (Å²) >= 11 is 0. The number of nitrogens with zero attached hydrogens (tertiary/aromatic N) is 1. The van der Waals surface area contributed by atoms with E-state index >= 15 is 0 Å². The molecule has 0 atom stereocenters. The molecule has 1 aliphatic heterocycles. The van der Waals surface area contributed by atoms with Gasteiger partial charge in [0.2, 0.25) is 0 Å². The maximum atomic E-state index is 14.1. The van der Waals surface area contributed by atoms with E-state index in [1.54, 1.807) is 6.07 Å². The molecule has 2 N–H and O–H groups in total. The van der Waals surface area contributed by atoms with Crippen molar-refractivity contribution in [1.29, 1.82) is 0 Å². The molecular formula is C30H28FN3O. The Hall–Kier alpha value is -4.12. The van der Waals surface area contributed by atoms with Crippen LogP contribution in [0.4, 0.5) is 31.9 Å². The second kappa shape index (κ2) is 9.63. The molecular weight excluding hydrogens is 437 g/mol. The summed E-state index contributed by atoms with van der Waals surface area (Å²) in [5, 5.41) is 5.98. The number of aryl methyl sites for hydroxylation is 3. The summed E-state index contributed by atoms with van der Waals surface area (Å²) < 4.78 is 14.1. The second-order valence-electron chi connectivity index (χ2n) is 9.02. The van der Waals surface area contributed by atoms with Gasteiger partial charge in [-0.15, -0.1) is 0 Å². The zero-order chi connectivity index (χ0) is 24.4. The van der Waals surface area contributed by atoms with E-state index in [0.717, 1.165) is 58.7 Å². The highest BCUT2D eigenvalue weighted by atomic mass is 19.1. The highest BCUT2D eigenvalue weighted by Crippen LogP contribution is 2.40. The number of rotatable bonds is 4. The Morgan fingerprint density at radius 2 is 1.66 bits per heavy atom. The number of nitrogens with one attached hydrogen (secondary N) is 2. The molecule has 0 saturated carbocycles. The number of anilines is 4. The number of fused-ring (bicyclic) bond motifs is 1. The standard InChI is InChI=1S/C30H28FN3O/c1-20-9-14-25(15-10-20)32-30(35)33-27-18-23(26-19-24(31)13-11-21(26)2)12-16-29(27)34-17-5-7-22-6-3-4-8-28(22)34/h3-4,6,8-16,18-19H,5,7,17H2,1-2H3,(H2,32,33,35). The third kappa shape index (κ3) is 4.90. The van der Waals surface area contributed by atoms with E-state index < -0.39 is 0 Å². The number of hydrogen-bond donors (Lipinski definition) is 2. The fourth-order valence-electron chi connectivity index (χ4n) is 4.65. The van der Waals surface area contributed by atoms with Crippen LogP contribution in [-0.2, 0) is 6.42 Å². The minimum atomic E-state index is -0.325. The van der Waals surface area contributed by atoms with Crippen molar-refractivity contribution in [1.82, 2.24) is 0 Å². The van der Waals surface area contributed by atoms with E-state index in [4.69, 9.17) is 0 Å². The Kier molecular flexibility index (Phi) is 6.23. The summed E-state index contributed by atoms with van der Waals surface area (Å²) in [5.41, 5.74) is 8.49. The van der Waals surface area contributed by atoms with Gasteiger partial charge in [0.15, 0.2) is 0 Å². The molecule has 0 bridgehead atoms. The van der Waals surface area contributed by atoms with Gasteiger partial charge in [0.05, 0.1) is 11.4 Å². The highest BCUT2D eigenvalue weighted by Gasteiger charge is 2.22. The summed E-state index contributed by atoms with van der Waals surface area (Å²) in [6.45, 7) is 4.82. The van der Waals surface area contributed by atoms with Gasteiger partial charge in [-0.3, -0.25) is 0 Å². The summed E-state index contributed by atoms with van der Waals surface area (Å²) in [4.78, 5) is 15.3. The van der Waals surface area contributed by atoms with Crippen LogP contribution in [0.25, 0.3) is 11.1 Å². The number of para-hydroxylation sites is 1. The van der Waals surface area contributed by atoms with Crippen molar-refractivity contribution >= 4 is 28.8 Å². The van der Waals surface area contributed by atoms with Gasteiger partial charge in [0, 0.05) is 17.9 Å². The third-order valence-corrected chi connectivity index (χ3v) is 6.47. The van der Waals surface area contributed by atoms with Crippen molar-refractivity contribution in [3.05, 3.63) is 107 Å². The summed E-state index contributed by atoms with van der Waals surface area (Å²) in [5.74, 6) is -0.286. The van der Waals surface area contributed by atoms with E-state index in [1.807, 2.05) is 62.4 Å². The zero-order valence-electron chi connectivity index (χ0n) is 19.9. The molecule has 5 heteroatoms. The minimum Gasteiger partial charge on any atom is -0.340 e. The lowest BCUT2D eigenvalue weighted by Crippen LogP contribution is -2.27. The van der Waals surface area contributed by atoms with Crippen LogP contribution < -0.4 is 15.5 Å². The predicted molar refractivity (Wildman–Crippen MR) is 142 cm³/mol. The average Bonchev–Trinajstić information content (AvgIpc) is 2.86. The third-order valence-electron chi connectivity index (χ3n) is 6.47. The number of carbonyl (C=O) groups is 1. The quantitative estimate of drug-likeness (QED) is 0.322. The summed E-state index contributed by atoms with van der Waals surface area (Å²) in [6, 6.07) is 26.4. The first-order chi connectivity index (χ1) is 17.0. The molecule has 35 heavy (non-hydrogen) atoms. The lowest BCUT2D eigenvalue weighted by Gasteiger charge is -2.33. The Bertz CT molecular complexity index is 1380. The Labute approximate surface area is 205 Å². The lowest BCUT2D eigenvalue weighted by atomic mass is 9.97. The topological polar surface area (TPSA) is 44.4 Å². The van der Waals surface area contributed by atoms with Crippen molar-refractivity contribution in [2.45, 2.75) is 26.7 Å². The lowest BCUT2D eigenvalue weighted by molar-refractivity contribution is 0.262. The monoisotopic (exact) mass is 465 g/mol. The molecule has 2 amide bonds. The smallest absolute Gasteiger partial charge is 0.323 e. The van der Waals surface area contributed by atoms with Gasteiger partial charge >= 0.3 is 6.03 Å². The van der Waals surface area contributed by atoms with Gasteiger partial charge in [-0.25, -0.2) is 9.18 Å². The molecule has 1 aliphatic rings. The number of carbonyl (C=O) groups excluding carboxylic acids is 1. The molecule has 0 unspecified atom stereocenters. The van der Waals surface area contributed by atoms with Crippen LogP contribution in [0.3, 0.4) is 0 Å². The van der Waals surface area contributed by atoms with Gasteiger partial charge in [-0.05, 0) is 91.4 Å². The van der Waals surface area contributed by atoms with E-state index in [1.165, 1.54) is 17.7 Å². The molecule has 0 saturated heterocycles. The van der Waals surface area contributed by atoms with Crippen LogP contribution in [0.5, 0.6) is 0 Å². The Balaban J connectivity index is 1.54. The van der Waals surface area contributed by atoms with E-state index in [-0.39, 0.29) is 11.8 Å². The number of amides is 2. The number of halogens is 1. The molecule has 4 nitrogen and oxygen atoms in total. The molecule has 176 valence electrons. The fourth-order valence-corrected chi connectivity index (χ4v) is 4.65. The zero-order valence-corrected chi connectivity index (χ0v) is 19.9. The molecule has 0 radical (unpaired) electrons. The van der Waals surface area contributed by atoms with Crippen LogP contribution in [0.1, 0.15) is 23.1 Å². The first kappa shape index (κ1) is 22.7. The van der Waals surface area contributed by atoms with Crippen LogP contribution >= 0.6 is 0 Å². The molecule has 0 aromatic heterocycles. The van der Waals surface area contributed by atoms with Crippen LogP contribution in [0.15, 0.2) is 84.9 Å². The van der Waals surface area contributed by atoms with E-state index in [2.05, 4.69) is 33.7 Å². The van der Waals surface area contributed by atoms with Gasteiger partial charge in [-0.2, -0.15) is 0 Å². The maximum absolute atomic E-state index is 14.1. The average molecular weight is 466 g/mol. The van der Waals surface area contributed by atoms with E-state index in [9.17, 15) is 9.18 Å². The van der Waals surface area contributed by atoms with Gasteiger partial charge < -0.3 is 15.5 Å². The fraction of sp³-hybridized carbons (Fsp3) is 0.167. The number of benzene rings is 4. The molecule has 4 aromatic carbocycles. The van der Waals surface area contributed by atoms with Crippen LogP contribution in [0.2, 0.25) is 0 Å². The molecule has 0 spiro atoms. The SMILES string of the molecule is Cc1ccc(NC(=O)Nc2cc(-c3cc(F)ccc3C)ccc2N2CCCc3ccccc32)cc1. The summed E-state index contributed by atoms with van der Waals surface area (Å²) in [7, 11) is 0. The van der Waals surface area contributed by atoms with Crippen LogP contribution in [0, 0.1) is 19.7 Å². The predicted octanol–water partition coefficient (Wildman–Crippen LogP) is 7.84. The molecule has 0 aliphatic carbocycles. The largest absolute Gasteiger partial charge is 0.340 e. The van der Waals surface area contributed by atoms with Gasteiger partial charge in [-0.1, -0.05) is 48.0 Å². The van der Waals surface area contributed by atoms with Crippen molar-refractivity contribution < 1.29 is 9.18 Å². The Morgan fingerprint density at radius 1 is 0.857 bits per heavy atom.